The van der Waals surface area contributed by atoms with Crippen LogP contribution in [0.3, 0.4) is 0 Å². The van der Waals surface area contributed by atoms with Gasteiger partial charge in [-0.2, -0.15) is 0 Å². The second-order valence-electron chi connectivity index (χ2n) is 7.11. The van der Waals surface area contributed by atoms with Crippen LogP contribution in [0.2, 0.25) is 0 Å². The summed E-state index contributed by atoms with van der Waals surface area (Å²) in [7, 11) is 7.36. The first-order valence-corrected chi connectivity index (χ1v) is 8.48. The summed E-state index contributed by atoms with van der Waals surface area (Å²) in [5, 5.41) is 12.4. The van der Waals surface area contributed by atoms with Gasteiger partial charge in [0.2, 0.25) is 0 Å². The Bertz CT molecular complexity index is 922. The summed E-state index contributed by atoms with van der Waals surface area (Å²) in [6, 6.07) is 5.32. The number of carbonyl (C=O) groups is 1. The number of anilines is 2. The van der Waals surface area contributed by atoms with E-state index < -0.39 is 11.5 Å². The van der Waals surface area contributed by atoms with Gasteiger partial charge in [0.1, 0.15) is 13.4 Å². The van der Waals surface area contributed by atoms with E-state index in [4.69, 9.17) is 12.7 Å². The van der Waals surface area contributed by atoms with E-state index in [1.807, 2.05) is 6.92 Å². The summed E-state index contributed by atoms with van der Waals surface area (Å²) < 4.78 is 1.34. The molecule has 1 amide bonds. The van der Waals surface area contributed by atoms with Crippen molar-refractivity contribution in [3.63, 3.8) is 0 Å². The molecule has 1 heterocycles. The van der Waals surface area contributed by atoms with Crippen molar-refractivity contribution in [1.29, 1.82) is 0 Å². The molecular formula is C19H24BN3O4. The van der Waals surface area contributed by atoms with Crippen LogP contribution in [0.15, 0.2) is 29.2 Å². The van der Waals surface area contributed by atoms with Crippen molar-refractivity contribution in [3.05, 3.63) is 51.4 Å². The largest absolute Gasteiger partial charge is 0.393 e. The van der Waals surface area contributed by atoms with Crippen LogP contribution in [0, 0.1) is 13.8 Å². The number of nitrogens with zero attached hydrogens (tertiary/aromatic N) is 1. The molecule has 1 aromatic carbocycles. The smallest absolute Gasteiger partial charge is 0.278 e. The second kappa shape index (κ2) is 7.98. The Morgan fingerprint density at radius 3 is 2.59 bits per heavy atom. The first kappa shape index (κ1) is 20.7. The van der Waals surface area contributed by atoms with Crippen molar-refractivity contribution in [3.8, 4) is 0 Å². The lowest BCUT2D eigenvalue weighted by Gasteiger charge is -2.23. The van der Waals surface area contributed by atoms with Gasteiger partial charge in [-0.3, -0.25) is 14.4 Å². The number of nitrogens with one attached hydrogen (secondary N) is 2. The molecule has 142 valence electrons. The van der Waals surface area contributed by atoms with Gasteiger partial charge in [-0.15, -0.1) is 0 Å². The van der Waals surface area contributed by atoms with E-state index in [-0.39, 0.29) is 17.7 Å². The van der Waals surface area contributed by atoms with Gasteiger partial charge in [0.15, 0.2) is 0 Å². The molecule has 27 heavy (non-hydrogen) atoms. The summed E-state index contributed by atoms with van der Waals surface area (Å²) >= 11 is 0. The fourth-order valence-electron chi connectivity index (χ4n) is 2.46. The summed E-state index contributed by atoms with van der Waals surface area (Å²) in [6.45, 7) is 6.52. The number of carbonyl (C=O) groups excluding carboxylic acids is 1. The Kier molecular flexibility index (Phi) is 6.13. The molecule has 0 aliphatic carbocycles. The lowest BCUT2D eigenvalue weighted by molar-refractivity contribution is -0.0956. The number of aliphatic hydroxyl groups is 1. The highest BCUT2D eigenvalue weighted by molar-refractivity contribution is 6.32. The molecule has 2 aromatic rings. The fourth-order valence-corrected chi connectivity index (χ4v) is 2.46. The van der Waals surface area contributed by atoms with E-state index >= 15 is 0 Å². The van der Waals surface area contributed by atoms with Crippen LogP contribution in [0.4, 0.5) is 11.4 Å². The molecule has 8 heteroatoms. The highest BCUT2D eigenvalue weighted by Gasteiger charge is 2.22. The zero-order valence-corrected chi connectivity index (χ0v) is 16.2. The quantitative estimate of drug-likeness (QED) is 0.521. The van der Waals surface area contributed by atoms with Gasteiger partial charge in [-0.25, -0.2) is 5.48 Å². The third kappa shape index (κ3) is 4.78. The Hall–Kier alpha value is -2.58. The van der Waals surface area contributed by atoms with Crippen molar-refractivity contribution in [2.45, 2.75) is 33.3 Å². The molecule has 0 saturated carbocycles. The number of pyridine rings is 1. The number of hydroxylamine groups is 1. The van der Waals surface area contributed by atoms with E-state index in [0.29, 0.717) is 16.7 Å². The molecule has 0 fully saturated rings. The predicted molar refractivity (Wildman–Crippen MR) is 106 cm³/mol. The molecule has 3 N–H and O–H groups in total. The molecule has 0 atom stereocenters. The van der Waals surface area contributed by atoms with Gasteiger partial charge in [0, 0.05) is 24.5 Å². The number of hydrogen-bond donors (Lipinski definition) is 3. The number of rotatable bonds is 6. The number of aliphatic hydroxyl groups excluding tert-OH is 1. The van der Waals surface area contributed by atoms with E-state index in [1.54, 1.807) is 46.0 Å². The van der Waals surface area contributed by atoms with Crippen molar-refractivity contribution in [2.24, 2.45) is 7.05 Å². The third-order valence-corrected chi connectivity index (χ3v) is 4.16. The topological polar surface area (TPSA) is 92.6 Å². The SMILES string of the molecule is [B]c1ccc(Nc2c(C(=O)NOC(C)(C)CO)cn(C)c(=O)c2C)c(C)c1. The van der Waals surface area contributed by atoms with Crippen molar-refractivity contribution < 1.29 is 14.7 Å². The Balaban J connectivity index is 2.45. The summed E-state index contributed by atoms with van der Waals surface area (Å²) in [5.41, 5.74) is 4.41. The van der Waals surface area contributed by atoms with Crippen LogP contribution < -0.4 is 21.8 Å². The van der Waals surface area contributed by atoms with E-state index in [9.17, 15) is 14.7 Å². The molecule has 0 aliphatic heterocycles. The summed E-state index contributed by atoms with van der Waals surface area (Å²) in [5.74, 6) is -0.536. The molecule has 0 saturated heterocycles. The zero-order chi connectivity index (χ0) is 20.4. The lowest BCUT2D eigenvalue weighted by Crippen LogP contribution is -2.39. The molecular weight excluding hydrogens is 345 g/mol. The number of aromatic nitrogens is 1. The minimum Gasteiger partial charge on any atom is -0.393 e. The minimum absolute atomic E-state index is 0.223. The van der Waals surface area contributed by atoms with Gasteiger partial charge in [-0.05, 0) is 39.3 Å². The maximum Gasteiger partial charge on any atom is 0.278 e. The Morgan fingerprint density at radius 2 is 2.00 bits per heavy atom. The van der Waals surface area contributed by atoms with Crippen LogP contribution in [0.25, 0.3) is 0 Å². The molecule has 0 spiro atoms. The van der Waals surface area contributed by atoms with Crippen LogP contribution in [0.5, 0.6) is 0 Å². The maximum atomic E-state index is 12.7. The molecule has 0 unspecified atom stereocenters. The molecule has 2 rings (SSSR count). The van der Waals surface area contributed by atoms with Gasteiger partial charge in [0.05, 0.1) is 17.9 Å². The van der Waals surface area contributed by atoms with Gasteiger partial charge >= 0.3 is 0 Å². The van der Waals surface area contributed by atoms with Crippen LogP contribution in [0.1, 0.15) is 35.3 Å². The molecule has 2 radical (unpaired) electrons. The highest BCUT2D eigenvalue weighted by Crippen LogP contribution is 2.25. The first-order chi connectivity index (χ1) is 12.6. The molecule has 7 nitrogen and oxygen atoms in total. The summed E-state index contributed by atoms with van der Waals surface area (Å²) in [6.07, 6.45) is 1.44. The number of amides is 1. The van der Waals surface area contributed by atoms with Crippen LogP contribution in [-0.2, 0) is 11.9 Å². The van der Waals surface area contributed by atoms with Crippen LogP contribution in [-0.4, -0.2) is 35.6 Å². The van der Waals surface area contributed by atoms with Gasteiger partial charge < -0.3 is 15.0 Å². The molecule has 0 aliphatic rings. The predicted octanol–water partition coefficient (Wildman–Crippen LogP) is 0.972. The fraction of sp³-hybridized carbons (Fsp3) is 0.368. The number of aryl methyl sites for hydroxylation is 2. The second-order valence-corrected chi connectivity index (χ2v) is 7.11. The maximum absolute atomic E-state index is 12.7. The van der Waals surface area contributed by atoms with Gasteiger partial charge in [-0.1, -0.05) is 17.6 Å². The number of benzene rings is 1. The average Bonchev–Trinajstić information content (AvgIpc) is 2.61. The third-order valence-electron chi connectivity index (χ3n) is 4.16. The zero-order valence-electron chi connectivity index (χ0n) is 16.2. The lowest BCUT2D eigenvalue weighted by atomic mass is 9.94. The van der Waals surface area contributed by atoms with E-state index in [2.05, 4.69) is 10.8 Å². The van der Waals surface area contributed by atoms with Crippen molar-refractivity contribution in [1.82, 2.24) is 10.0 Å². The Labute approximate surface area is 159 Å². The summed E-state index contributed by atoms with van der Waals surface area (Å²) in [4.78, 5) is 30.3. The molecule has 0 bridgehead atoms. The number of hydrogen-bond acceptors (Lipinski definition) is 5. The highest BCUT2D eigenvalue weighted by atomic mass is 16.7. The molecule has 1 aromatic heterocycles. The van der Waals surface area contributed by atoms with Crippen LogP contribution >= 0.6 is 0 Å². The first-order valence-electron chi connectivity index (χ1n) is 8.48. The average molecular weight is 369 g/mol. The minimum atomic E-state index is -0.938. The van der Waals surface area contributed by atoms with Crippen molar-refractivity contribution in [2.75, 3.05) is 11.9 Å². The van der Waals surface area contributed by atoms with E-state index in [0.717, 1.165) is 11.3 Å². The standard InChI is InChI=1S/C19H24BN3O4/c1-11-8-13(20)6-7-15(11)21-16-12(2)18(26)23(5)9-14(16)17(25)22-27-19(3,4)10-24/h6-9,21,24H,10H2,1-5H3,(H,22,25). The van der Waals surface area contributed by atoms with Crippen molar-refractivity contribution >= 4 is 30.6 Å². The normalized spacial score (nSPS) is 11.3. The van der Waals surface area contributed by atoms with Gasteiger partial charge in [0.25, 0.3) is 11.5 Å². The van der Waals surface area contributed by atoms with E-state index in [1.165, 1.54) is 10.8 Å². The Morgan fingerprint density at radius 1 is 1.33 bits per heavy atom. The monoisotopic (exact) mass is 369 g/mol.